The van der Waals surface area contributed by atoms with Crippen LogP contribution in [0.2, 0.25) is 0 Å². The van der Waals surface area contributed by atoms with Gasteiger partial charge in [-0.2, -0.15) is 0 Å². The van der Waals surface area contributed by atoms with Gasteiger partial charge >= 0.3 is 0 Å². The molecule has 4 rings (SSSR count). The zero-order valence-electron chi connectivity index (χ0n) is 15.2. The lowest BCUT2D eigenvalue weighted by Gasteiger charge is -2.37. The van der Waals surface area contributed by atoms with Crippen molar-refractivity contribution in [3.8, 4) is 5.75 Å². The quantitative estimate of drug-likeness (QED) is 0.591. The van der Waals surface area contributed by atoms with Crippen molar-refractivity contribution in [1.82, 2.24) is 0 Å². The van der Waals surface area contributed by atoms with E-state index < -0.39 is 0 Å². The van der Waals surface area contributed by atoms with Crippen LogP contribution >= 0.6 is 11.8 Å². The van der Waals surface area contributed by atoms with Crippen LogP contribution in [0.1, 0.15) is 22.0 Å². The van der Waals surface area contributed by atoms with Gasteiger partial charge in [-0.3, -0.25) is 14.5 Å². The summed E-state index contributed by atoms with van der Waals surface area (Å²) in [5, 5.41) is 0. The van der Waals surface area contributed by atoms with Crippen molar-refractivity contribution in [1.29, 1.82) is 0 Å². The molecule has 0 saturated heterocycles. The summed E-state index contributed by atoms with van der Waals surface area (Å²) in [5.41, 5.74) is 2.42. The van der Waals surface area contributed by atoms with Crippen LogP contribution in [0.15, 0.2) is 83.8 Å². The number of thioether (sulfide) groups is 1. The van der Waals surface area contributed by atoms with Crippen LogP contribution in [0.4, 0.5) is 5.69 Å². The van der Waals surface area contributed by atoms with Crippen molar-refractivity contribution >= 4 is 29.6 Å². The van der Waals surface area contributed by atoms with Gasteiger partial charge in [0, 0.05) is 10.6 Å². The number of nitrogens with zero attached hydrogens (tertiary/aromatic N) is 1. The molecule has 0 bridgehead atoms. The number of aldehydes is 1. The highest BCUT2D eigenvalue weighted by Gasteiger charge is 2.32. The Bertz CT molecular complexity index is 990. The first-order valence-corrected chi connectivity index (χ1v) is 10.0. The van der Waals surface area contributed by atoms with E-state index in [2.05, 4.69) is 0 Å². The molecule has 1 amide bonds. The molecule has 0 N–H and O–H groups in total. The van der Waals surface area contributed by atoms with Crippen LogP contribution in [-0.4, -0.2) is 24.6 Å². The van der Waals surface area contributed by atoms with Crippen LogP contribution in [-0.2, 0) is 4.79 Å². The fraction of sp³-hybridized carbons (Fsp3) is 0.130. The van der Waals surface area contributed by atoms with Gasteiger partial charge in [-0.05, 0) is 29.8 Å². The molecule has 0 radical (unpaired) electrons. The van der Waals surface area contributed by atoms with E-state index >= 15 is 0 Å². The lowest BCUT2D eigenvalue weighted by Crippen LogP contribution is -2.41. The minimum atomic E-state index is -0.137. The Balaban J connectivity index is 1.63. The number of carbonyl (C=O) groups excluding carboxylic acids is 2. The summed E-state index contributed by atoms with van der Waals surface area (Å²) in [7, 11) is 0. The second-order valence-corrected chi connectivity index (χ2v) is 7.48. The molecule has 0 fully saturated rings. The standard InChI is InChI=1S/C23H19NO3S/c25-14-18-10-4-6-12-21(18)27-15-23(26)24-19-11-5-7-13-22(19)28-16-20(24)17-8-2-1-3-9-17/h1-14,20H,15-16H2/t20-/m0/s1. The van der Waals surface area contributed by atoms with E-state index in [1.165, 1.54) is 0 Å². The van der Waals surface area contributed by atoms with Gasteiger partial charge in [0.2, 0.25) is 0 Å². The molecular weight excluding hydrogens is 370 g/mol. The van der Waals surface area contributed by atoms with Crippen molar-refractivity contribution in [2.24, 2.45) is 0 Å². The van der Waals surface area contributed by atoms with E-state index in [0.29, 0.717) is 11.3 Å². The number of benzene rings is 3. The third-order valence-electron chi connectivity index (χ3n) is 4.68. The summed E-state index contributed by atoms with van der Waals surface area (Å²) in [5.74, 6) is 1.06. The summed E-state index contributed by atoms with van der Waals surface area (Å²) in [6.07, 6.45) is 0.736. The highest BCUT2D eigenvalue weighted by Crippen LogP contribution is 2.43. The van der Waals surface area contributed by atoms with E-state index in [9.17, 15) is 9.59 Å². The maximum Gasteiger partial charge on any atom is 0.265 e. The number of ether oxygens (including phenoxy) is 1. The molecule has 4 nitrogen and oxygen atoms in total. The first kappa shape index (κ1) is 18.3. The van der Waals surface area contributed by atoms with Crippen molar-refractivity contribution in [2.75, 3.05) is 17.3 Å². The Kier molecular flexibility index (Phi) is 5.44. The zero-order valence-corrected chi connectivity index (χ0v) is 16.0. The highest BCUT2D eigenvalue weighted by molar-refractivity contribution is 7.99. The molecule has 0 aromatic heterocycles. The largest absolute Gasteiger partial charge is 0.483 e. The van der Waals surface area contributed by atoms with Crippen LogP contribution in [0.25, 0.3) is 0 Å². The normalized spacial score (nSPS) is 15.6. The second kappa shape index (κ2) is 8.31. The molecule has 3 aromatic carbocycles. The molecule has 0 spiro atoms. The Morgan fingerprint density at radius 3 is 2.54 bits per heavy atom. The monoisotopic (exact) mass is 389 g/mol. The number of fused-ring (bicyclic) bond motifs is 1. The summed E-state index contributed by atoms with van der Waals surface area (Å²) >= 11 is 1.75. The van der Waals surface area contributed by atoms with E-state index in [1.54, 1.807) is 36.0 Å². The molecule has 1 aliphatic heterocycles. The van der Waals surface area contributed by atoms with Crippen LogP contribution in [0, 0.1) is 0 Å². The maximum absolute atomic E-state index is 13.2. The van der Waals surface area contributed by atoms with E-state index in [1.807, 2.05) is 59.5 Å². The lowest BCUT2D eigenvalue weighted by molar-refractivity contribution is -0.121. The average Bonchev–Trinajstić information content (AvgIpc) is 2.77. The molecule has 28 heavy (non-hydrogen) atoms. The van der Waals surface area contributed by atoms with Crippen molar-refractivity contribution < 1.29 is 14.3 Å². The minimum absolute atomic E-state index is 0.0708. The molecule has 0 aliphatic carbocycles. The number of anilines is 1. The number of hydrogen-bond donors (Lipinski definition) is 0. The summed E-state index contributed by atoms with van der Waals surface area (Å²) in [6, 6.07) is 24.8. The predicted octanol–water partition coefficient (Wildman–Crippen LogP) is 4.76. The number of carbonyl (C=O) groups is 2. The molecule has 1 aliphatic rings. The molecule has 5 heteroatoms. The smallest absolute Gasteiger partial charge is 0.265 e. The van der Waals surface area contributed by atoms with E-state index in [4.69, 9.17) is 4.74 Å². The minimum Gasteiger partial charge on any atom is -0.483 e. The van der Waals surface area contributed by atoms with Gasteiger partial charge in [0.25, 0.3) is 5.91 Å². The Morgan fingerprint density at radius 1 is 1.00 bits per heavy atom. The van der Waals surface area contributed by atoms with Crippen LogP contribution < -0.4 is 9.64 Å². The van der Waals surface area contributed by atoms with Crippen LogP contribution in [0.3, 0.4) is 0 Å². The Morgan fingerprint density at radius 2 is 1.71 bits per heavy atom. The number of para-hydroxylation sites is 2. The molecule has 0 saturated carbocycles. The first-order chi connectivity index (χ1) is 13.8. The number of rotatable bonds is 5. The molecule has 0 unspecified atom stereocenters. The molecule has 1 heterocycles. The fourth-order valence-electron chi connectivity index (χ4n) is 3.34. The summed E-state index contributed by atoms with van der Waals surface area (Å²) < 4.78 is 5.71. The molecule has 1 atom stereocenters. The van der Waals surface area contributed by atoms with Gasteiger partial charge in [0.1, 0.15) is 5.75 Å². The third kappa shape index (κ3) is 3.66. The highest BCUT2D eigenvalue weighted by atomic mass is 32.2. The Labute approximate surface area is 168 Å². The van der Waals surface area contributed by atoms with Gasteiger partial charge in [-0.25, -0.2) is 0 Å². The second-order valence-electron chi connectivity index (χ2n) is 6.41. The SMILES string of the molecule is O=Cc1ccccc1OCC(=O)N1c2ccccc2SC[C@H]1c1ccccc1. The molecular formula is C23H19NO3S. The topological polar surface area (TPSA) is 46.6 Å². The van der Waals surface area contributed by atoms with Crippen LogP contribution in [0.5, 0.6) is 5.75 Å². The third-order valence-corrected chi connectivity index (χ3v) is 5.82. The van der Waals surface area contributed by atoms with Crippen molar-refractivity contribution in [3.05, 3.63) is 90.0 Å². The van der Waals surface area contributed by atoms with Gasteiger partial charge in [0.15, 0.2) is 12.9 Å². The van der Waals surface area contributed by atoms with Gasteiger partial charge in [-0.15, -0.1) is 11.8 Å². The average molecular weight is 389 g/mol. The van der Waals surface area contributed by atoms with E-state index in [0.717, 1.165) is 28.2 Å². The summed E-state index contributed by atoms with van der Waals surface area (Å²) in [6.45, 7) is -0.132. The first-order valence-electron chi connectivity index (χ1n) is 9.04. The Hall–Kier alpha value is -3.05. The fourth-order valence-corrected chi connectivity index (χ4v) is 4.50. The lowest BCUT2D eigenvalue weighted by atomic mass is 10.1. The molecule has 3 aromatic rings. The van der Waals surface area contributed by atoms with Gasteiger partial charge in [0.05, 0.1) is 17.3 Å². The van der Waals surface area contributed by atoms with Crippen molar-refractivity contribution in [3.63, 3.8) is 0 Å². The number of amides is 1. The molecule has 140 valence electrons. The van der Waals surface area contributed by atoms with Crippen molar-refractivity contribution in [2.45, 2.75) is 10.9 Å². The van der Waals surface area contributed by atoms with E-state index in [-0.39, 0.29) is 18.6 Å². The zero-order chi connectivity index (χ0) is 19.3. The van der Waals surface area contributed by atoms with Gasteiger partial charge in [-0.1, -0.05) is 54.6 Å². The number of hydrogen-bond acceptors (Lipinski definition) is 4. The predicted molar refractivity (Wildman–Crippen MR) is 111 cm³/mol. The maximum atomic E-state index is 13.2. The van der Waals surface area contributed by atoms with Gasteiger partial charge < -0.3 is 4.74 Å². The summed E-state index contributed by atoms with van der Waals surface area (Å²) in [4.78, 5) is 27.3.